The maximum absolute atomic E-state index is 12.7. The molecule has 0 saturated carbocycles. The molecule has 0 amide bonds. The van der Waals surface area contributed by atoms with Crippen molar-refractivity contribution in [2.45, 2.75) is 13.0 Å². The molecule has 102 valence electrons. The summed E-state index contributed by atoms with van der Waals surface area (Å²) in [5.41, 5.74) is 0.270. The Labute approximate surface area is 116 Å². The molecular weight excluding hydrogens is 259 g/mol. The van der Waals surface area contributed by atoms with E-state index in [0.717, 1.165) is 0 Å². The van der Waals surface area contributed by atoms with Crippen molar-refractivity contribution < 1.29 is 9.13 Å². The summed E-state index contributed by atoms with van der Waals surface area (Å²) in [6, 6.07) is 7.75. The van der Waals surface area contributed by atoms with E-state index in [0.29, 0.717) is 18.1 Å². The maximum atomic E-state index is 12.7. The molecule has 5 nitrogen and oxygen atoms in total. The Kier molecular flexibility index (Phi) is 4.45. The third-order valence-corrected chi connectivity index (χ3v) is 2.49. The SMILES string of the molecule is CC(CNc1cnc(C#N)cn1)Oc1ccc(F)cc1. The number of rotatable bonds is 5. The van der Waals surface area contributed by atoms with Crippen molar-refractivity contribution in [1.29, 1.82) is 5.26 Å². The second-order valence-corrected chi connectivity index (χ2v) is 4.16. The monoisotopic (exact) mass is 272 g/mol. The van der Waals surface area contributed by atoms with Crippen LogP contribution in [-0.2, 0) is 0 Å². The first-order valence-corrected chi connectivity index (χ1v) is 6.05. The van der Waals surface area contributed by atoms with Crippen molar-refractivity contribution >= 4 is 5.82 Å². The van der Waals surface area contributed by atoms with Crippen LogP contribution in [0.3, 0.4) is 0 Å². The number of anilines is 1. The number of nitrogens with one attached hydrogen (secondary N) is 1. The average molecular weight is 272 g/mol. The first-order chi connectivity index (χ1) is 9.67. The van der Waals surface area contributed by atoms with Gasteiger partial charge in [0.2, 0.25) is 0 Å². The first-order valence-electron chi connectivity index (χ1n) is 6.05. The van der Waals surface area contributed by atoms with Crippen LogP contribution in [0.15, 0.2) is 36.7 Å². The van der Waals surface area contributed by atoms with Crippen LogP contribution < -0.4 is 10.1 Å². The number of nitriles is 1. The van der Waals surface area contributed by atoms with Crippen LogP contribution >= 0.6 is 0 Å². The lowest BCUT2D eigenvalue weighted by Gasteiger charge is -2.15. The number of benzene rings is 1. The molecule has 0 radical (unpaired) electrons. The highest BCUT2D eigenvalue weighted by Gasteiger charge is 2.05. The van der Waals surface area contributed by atoms with Gasteiger partial charge in [-0.1, -0.05) is 0 Å². The quantitative estimate of drug-likeness (QED) is 0.904. The molecule has 0 aliphatic rings. The zero-order valence-corrected chi connectivity index (χ0v) is 10.9. The summed E-state index contributed by atoms with van der Waals surface area (Å²) < 4.78 is 18.4. The fourth-order valence-electron chi connectivity index (χ4n) is 1.51. The van der Waals surface area contributed by atoms with E-state index in [1.54, 1.807) is 12.1 Å². The number of aromatic nitrogens is 2. The van der Waals surface area contributed by atoms with Crippen molar-refractivity contribution in [2.24, 2.45) is 0 Å². The molecule has 0 bridgehead atoms. The minimum Gasteiger partial charge on any atom is -0.489 e. The summed E-state index contributed by atoms with van der Waals surface area (Å²) in [4.78, 5) is 7.94. The zero-order valence-electron chi connectivity index (χ0n) is 10.9. The number of hydrogen-bond donors (Lipinski definition) is 1. The van der Waals surface area contributed by atoms with E-state index in [2.05, 4.69) is 15.3 Å². The molecule has 0 aliphatic heterocycles. The number of ether oxygens (including phenoxy) is 1. The molecular formula is C14H13FN4O. The lowest BCUT2D eigenvalue weighted by atomic mass is 10.3. The number of halogens is 1. The Hall–Kier alpha value is -2.68. The fraction of sp³-hybridized carbons (Fsp3) is 0.214. The van der Waals surface area contributed by atoms with Gasteiger partial charge in [0.25, 0.3) is 0 Å². The van der Waals surface area contributed by atoms with E-state index < -0.39 is 0 Å². The summed E-state index contributed by atoms with van der Waals surface area (Å²) in [7, 11) is 0. The summed E-state index contributed by atoms with van der Waals surface area (Å²) >= 11 is 0. The van der Waals surface area contributed by atoms with E-state index in [1.807, 2.05) is 13.0 Å². The van der Waals surface area contributed by atoms with Crippen LogP contribution in [0.4, 0.5) is 10.2 Å². The smallest absolute Gasteiger partial charge is 0.158 e. The van der Waals surface area contributed by atoms with Crippen LogP contribution in [0.2, 0.25) is 0 Å². The van der Waals surface area contributed by atoms with Gasteiger partial charge in [-0.25, -0.2) is 14.4 Å². The van der Waals surface area contributed by atoms with Crippen LogP contribution in [-0.4, -0.2) is 22.6 Å². The molecule has 0 fully saturated rings. The number of nitrogens with zero attached hydrogens (tertiary/aromatic N) is 3. The van der Waals surface area contributed by atoms with Crippen LogP contribution in [0.5, 0.6) is 5.75 Å². The van der Waals surface area contributed by atoms with Gasteiger partial charge >= 0.3 is 0 Å². The van der Waals surface area contributed by atoms with Gasteiger partial charge in [-0.2, -0.15) is 5.26 Å². The predicted molar refractivity (Wildman–Crippen MR) is 71.7 cm³/mol. The van der Waals surface area contributed by atoms with Gasteiger partial charge in [-0.05, 0) is 31.2 Å². The Morgan fingerprint density at radius 3 is 2.65 bits per heavy atom. The molecule has 0 aliphatic carbocycles. The highest BCUT2D eigenvalue weighted by Crippen LogP contribution is 2.13. The molecule has 1 unspecified atom stereocenters. The van der Waals surface area contributed by atoms with Gasteiger partial charge in [0.1, 0.15) is 29.6 Å². The van der Waals surface area contributed by atoms with Crippen molar-refractivity contribution in [3.63, 3.8) is 0 Å². The third kappa shape index (κ3) is 3.92. The third-order valence-electron chi connectivity index (χ3n) is 2.49. The van der Waals surface area contributed by atoms with Crippen molar-refractivity contribution in [1.82, 2.24) is 9.97 Å². The molecule has 1 aromatic carbocycles. The largest absolute Gasteiger partial charge is 0.489 e. The Morgan fingerprint density at radius 2 is 2.05 bits per heavy atom. The molecule has 1 aromatic heterocycles. The van der Waals surface area contributed by atoms with Crippen molar-refractivity contribution in [2.75, 3.05) is 11.9 Å². The lowest BCUT2D eigenvalue weighted by molar-refractivity contribution is 0.234. The lowest BCUT2D eigenvalue weighted by Crippen LogP contribution is -2.23. The molecule has 2 aromatic rings. The minimum atomic E-state index is -0.295. The van der Waals surface area contributed by atoms with E-state index in [1.165, 1.54) is 24.5 Å². The van der Waals surface area contributed by atoms with E-state index >= 15 is 0 Å². The standard InChI is InChI=1S/C14H13FN4O/c1-10(20-13-4-2-11(15)3-5-13)7-18-14-9-17-12(6-16)8-19-14/h2-5,8-10H,7H2,1H3,(H,18,19). The van der Waals surface area contributed by atoms with Crippen molar-refractivity contribution in [3.8, 4) is 11.8 Å². The maximum Gasteiger partial charge on any atom is 0.158 e. The summed E-state index contributed by atoms with van der Waals surface area (Å²) in [5.74, 6) is 0.876. The normalized spacial score (nSPS) is 11.4. The Balaban J connectivity index is 1.83. The van der Waals surface area contributed by atoms with E-state index in [9.17, 15) is 4.39 Å². The van der Waals surface area contributed by atoms with E-state index in [4.69, 9.17) is 10.00 Å². The summed E-state index contributed by atoms with van der Waals surface area (Å²) in [6.45, 7) is 2.39. The second kappa shape index (κ2) is 6.48. The molecule has 1 N–H and O–H groups in total. The van der Waals surface area contributed by atoms with Gasteiger partial charge in [0.05, 0.1) is 18.9 Å². The van der Waals surface area contributed by atoms with Gasteiger partial charge in [-0.3, -0.25) is 0 Å². The molecule has 20 heavy (non-hydrogen) atoms. The minimum absolute atomic E-state index is 0.127. The second-order valence-electron chi connectivity index (χ2n) is 4.16. The van der Waals surface area contributed by atoms with Gasteiger partial charge in [0.15, 0.2) is 5.69 Å². The van der Waals surface area contributed by atoms with Crippen LogP contribution in [0, 0.1) is 17.1 Å². The Morgan fingerprint density at radius 1 is 1.30 bits per heavy atom. The molecule has 6 heteroatoms. The first kappa shape index (κ1) is 13.7. The van der Waals surface area contributed by atoms with Crippen molar-refractivity contribution in [3.05, 3.63) is 48.2 Å². The molecule has 1 heterocycles. The van der Waals surface area contributed by atoms with Gasteiger partial charge < -0.3 is 10.1 Å². The average Bonchev–Trinajstić information content (AvgIpc) is 2.48. The Bertz CT molecular complexity index is 592. The summed E-state index contributed by atoms with van der Waals surface area (Å²) in [6.07, 6.45) is 2.76. The van der Waals surface area contributed by atoms with Crippen LogP contribution in [0.25, 0.3) is 0 Å². The zero-order chi connectivity index (χ0) is 14.4. The number of hydrogen-bond acceptors (Lipinski definition) is 5. The summed E-state index contributed by atoms with van der Waals surface area (Å²) in [5, 5.41) is 11.7. The molecule has 2 rings (SSSR count). The fourth-order valence-corrected chi connectivity index (χ4v) is 1.51. The highest BCUT2D eigenvalue weighted by molar-refractivity contribution is 5.33. The highest BCUT2D eigenvalue weighted by atomic mass is 19.1. The van der Waals surface area contributed by atoms with Gasteiger partial charge in [0, 0.05) is 0 Å². The molecule has 1 atom stereocenters. The van der Waals surface area contributed by atoms with E-state index in [-0.39, 0.29) is 17.6 Å². The van der Waals surface area contributed by atoms with Gasteiger partial charge in [-0.15, -0.1) is 0 Å². The molecule has 0 saturated heterocycles. The predicted octanol–water partition coefficient (Wildman–Crippen LogP) is 2.37. The topological polar surface area (TPSA) is 70.8 Å². The van der Waals surface area contributed by atoms with Crippen LogP contribution in [0.1, 0.15) is 12.6 Å². The molecule has 0 spiro atoms.